The number of carbonyl (C=O) groups is 2. The number of phenols is 3. The second-order valence-electron chi connectivity index (χ2n) is 8.37. The molecule has 2 unspecified atom stereocenters. The fraction of sp³-hybridized carbons (Fsp3) is 0.200. The Morgan fingerprint density at radius 1 is 0.969 bits per heavy atom. The highest BCUT2D eigenvalue weighted by Gasteiger charge is 2.70. The van der Waals surface area contributed by atoms with Crippen molar-refractivity contribution in [2.75, 3.05) is 18.9 Å². The molecule has 7 nitrogen and oxygen atoms in total. The Kier molecular flexibility index (Phi) is 4.29. The summed E-state index contributed by atoms with van der Waals surface area (Å²) in [5.74, 6) is -1.27. The smallest absolute Gasteiger partial charge is 0.251 e. The van der Waals surface area contributed by atoms with Gasteiger partial charge in [0.05, 0.1) is 5.41 Å². The van der Waals surface area contributed by atoms with E-state index in [4.69, 9.17) is 0 Å². The molecule has 32 heavy (non-hydrogen) atoms. The molecule has 1 saturated heterocycles. The van der Waals surface area contributed by atoms with Gasteiger partial charge in [-0.2, -0.15) is 0 Å². The number of nitrogens with zero attached hydrogens (tertiary/aromatic N) is 1. The maximum Gasteiger partial charge on any atom is 0.251 e. The van der Waals surface area contributed by atoms with E-state index in [1.165, 1.54) is 36.4 Å². The minimum atomic E-state index is -1.39. The summed E-state index contributed by atoms with van der Waals surface area (Å²) in [7, 11) is 1.81. The normalized spacial score (nSPS) is 24.5. The highest BCUT2D eigenvalue weighted by atomic mass is 16.3. The number of anilines is 1. The highest BCUT2D eigenvalue weighted by molar-refractivity contribution is 6.16. The lowest BCUT2D eigenvalue weighted by atomic mass is 9.59. The van der Waals surface area contributed by atoms with Gasteiger partial charge in [0.25, 0.3) is 5.91 Å². The van der Waals surface area contributed by atoms with Crippen LogP contribution in [0.1, 0.15) is 27.9 Å². The molecule has 4 N–H and O–H groups in total. The van der Waals surface area contributed by atoms with Gasteiger partial charge in [0, 0.05) is 23.4 Å². The number of likely N-dealkylation sites (N-methyl/N-ethyl adjacent to an activating group) is 1. The van der Waals surface area contributed by atoms with Crippen molar-refractivity contribution < 1.29 is 24.9 Å². The Bertz CT molecular complexity index is 1260. The summed E-state index contributed by atoms with van der Waals surface area (Å²) in [6.07, 6.45) is 0.315. The molecule has 2 aliphatic heterocycles. The lowest BCUT2D eigenvalue weighted by Crippen LogP contribution is -2.60. The zero-order valence-corrected chi connectivity index (χ0v) is 17.4. The lowest BCUT2D eigenvalue weighted by Gasteiger charge is -2.44. The van der Waals surface area contributed by atoms with Crippen molar-refractivity contribution in [2.24, 2.45) is 0 Å². The van der Waals surface area contributed by atoms with Crippen LogP contribution >= 0.6 is 0 Å². The third-order valence-electron chi connectivity index (χ3n) is 6.89. The summed E-state index contributed by atoms with van der Waals surface area (Å²) in [5.41, 5.74) is -0.658. The van der Waals surface area contributed by atoms with Crippen molar-refractivity contribution in [3.8, 4) is 17.2 Å². The Morgan fingerprint density at radius 2 is 1.69 bits per heavy atom. The van der Waals surface area contributed by atoms with Gasteiger partial charge in [-0.25, -0.2) is 0 Å². The molecule has 1 amide bonds. The van der Waals surface area contributed by atoms with Gasteiger partial charge in [0.15, 0.2) is 17.3 Å². The molecule has 0 bridgehead atoms. The number of hydrogen-bond donors (Lipinski definition) is 4. The summed E-state index contributed by atoms with van der Waals surface area (Å²) in [4.78, 5) is 29.9. The summed E-state index contributed by atoms with van der Waals surface area (Å²) in [6, 6.07) is 17.5. The van der Waals surface area contributed by atoms with Crippen molar-refractivity contribution in [3.05, 3.63) is 83.4 Å². The molecule has 3 aromatic carbocycles. The van der Waals surface area contributed by atoms with E-state index < -0.39 is 11.0 Å². The van der Waals surface area contributed by atoms with Crippen LogP contribution in [0.3, 0.4) is 0 Å². The Morgan fingerprint density at radius 3 is 2.41 bits per heavy atom. The van der Waals surface area contributed by atoms with Gasteiger partial charge in [-0.15, -0.1) is 0 Å². The van der Waals surface area contributed by atoms with Crippen LogP contribution in [0.2, 0.25) is 0 Å². The number of ketones is 1. The number of nitrogens with one attached hydrogen (secondary N) is 1. The van der Waals surface area contributed by atoms with E-state index in [1.54, 1.807) is 12.1 Å². The molecule has 1 fully saturated rings. The highest BCUT2D eigenvalue weighted by Crippen LogP contribution is 2.59. The largest absolute Gasteiger partial charge is 0.508 e. The van der Waals surface area contributed by atoms with Gasteiger partial charge in [-0.05, 0) is 61.5 Å². The molecular weight excluding hydrogens is 408 g/mol. The first-order valence-electron chi connectivity index (χ1n) is 10.3. The number of hydrogen-bond acceptors (Lipinski definition) is 6. The van der Waals surface area contributed by atoms with E-state index in [0.29, 0.717) is 35.3 Å². The SMILES string of the molecule is CN1CCC(C(=O)c2ccc(O)cc2)(c2ccc(O)c(O)c2)C12C(=O)Nc1ccccc12. The average Bonchev–Trinajstić information content (AvgIpc) is 3.27. The number of carbonyl (C=O) groups excluding carboxylic acids is 2. The van der Waals surface area contributed by atoms with Crippen LogP contribution in [0.5, 0.6) is 17.2 Å². The van der Waals surface area contributed by atoms with Crippen LogP contribution < -0.4 is 5.32 Å². The zero-order valence-electron chi connectivity index (χ0n) is 17.4. The lowest BCUT2D eigenvalue weighted by molar-refractivity contribution is -0.127. The number of Topliss-reactive ketones (excluding diaryl/α,β-unsaturated/α-hetero) is 1. The molecule has 162 valence electrons. The van der Waals surface area contributed by atoms with Gasteiger partial charge in [0.1, 0.15) is 11.3 Å². The van der Waals surface area contributed by atoms with E-state index in [-0.39, 0.29) is 28.9 Å². The zero-order chi connectivity index (χ0) is 22.7. The maximum atomic E-state index is 14.3. The van der Waals surface area contributed by atoms with Crippen molar-refractivity contribution in [1.29, 1.82) is 0 Å². The number of benzene rings is 3. The molecule has 5 rings (SSSR count). The van der Waals surface area contributed by atoms with E-state index >= 15 is 0 Å². The molecule has 0 aliphatic carbocycles. The molecule has 0 saturated carbocycles. The molecule has 3 aromatic rings. The molecule has 7 heteroatoms. The van der Waals surface area contributed by atoms with Crippen LogP contribution in [-0.2, 0) is 15.7 Å². The standard InChI is InChI=1S/C25H22N2O5/c1-27-13-12-24(16-8-11-20(29)21(30)14-16,22(31)15-6-9-17(28)10-7-15)25(27)18-4-2-3-5-19(18)26-23(25)32/h2-11,14,28-30H,12-13H2,1H3,(H,26,32). The molecular formula is C25H22N2O5. The van der Waals surface area contributed by atoms with Crippen molar-refractivity contribution in [3.63, 3.8) is 0 Å². The average molecular weight is 430 g/mol. The second-order valence-corrected chi connectivity index (χ2v) is 8.37. The number of likely N-dealkylation sites (tertiary alicyclic amines) is 1. The van der Waals surface area contributed by atoms with Gasteiger partial charge in [-0.3, -0.25) is 14.5 Å². The van der Waals surface area contributed by atoms with Crippen LogP contribution in [0.4, 0.5) is 5.69 Å². The van der Waals surface area contributed by atoms with E-state index in [0.717, 1.165) is 0 Å². The third kappa shape index (κ3) is 2.39. The first-order chi connectivity index (χ1) is 15.3. The van der Waals surface area contributed by atoms with Gasteiger partial charge in [-0.1, -0.05) is 24.3 Å². The molecule has 2 heterocycles. The van der Waals surface area contributed by atoms with Crippen molar-refractivity contribution >= 4 is 17.4 Å². The fourth-order valence-electron chi connectivity index (χ4n) is 5.47. The predicted molar refractivity (Wildman–Crippen MR) is 118 cm³/mol. The van der Waals surface area contributed by atoms with Crippen molar-refractivity contribution in [1.82, 2.24) is 4.90 Å². The second kappa shape index (κ2) is 6.83. The van der Waals surface area contributed by atoms with E-state index in [2.05, 4.69) is 5.32 Å². The first kappa shape index (κ1) is 20.1. The minimum Gasteiger partial charge on any atom is -0.508 e. The number of para-hydroxylation sites is 1. The van der Waals surface area contributed by atoms with Crippen molar-refractivity contribution in [2.45, 2.75) is 17.4 Å². The molecule has 2 atom stereocenters. The third-order valence-corrected chi connectivity index (χ3v) is 6.89. The summed E-state index contributed by atoms with van der Waals surface area (Å²) >= 11 is 0. The number of amides is 1. The first-order valence-corrected chi connectivity index (χ1v) is 10.3. The van der Waals surface area contributed by atoms with E-state index in [1.807, 2.05) is 30.1 Å². The summed E-state index contributed by atoms with van der Waals surface area (Å²) in [6.45, 7) is 0.452. The number of fused-ring (bicyclic) bond motifs is 2. The predicted octanol–water partition coefficient (Wildman–Crippen LogP) is 3.11. The molecule has 2 aliphatic rings. The quantitative estimate of drug-likeness (QED) is 0.376. The van der Waals surface area contributed by atoms with E-state index in [9.17, 15) is 24.9 Å². The number of rotatable bonds is 3. The van der Waals surface area contributed by atoms with Crippen LogP contribution in [0.15, 0.2) is 66.7 Å². The summed E-state index contributed by atoms with van der Waals surface area (Å²) < 4.78 is 0. The molecule has 0 aromatic heterocycles. The minimum absolute atomic E-state index is 0.0279. The monoisotopic (exact) mass is 430 g/mol. The number of phenolic OH excluding ortho intramolecular Hbond substituents is 3. The van der Waals surface area contributed by atoms with Crippen LogP contribution in [0, 0.1) is 0 Å². The fourth-order valence-corrected chi connectivity index (χ4v) is 5.47. The summed E-state index contributed by atoms with van der Waals surface area (Å²) in [5, 5.41) is 32.9. The molecule has 0 radical (unpaired) electrons. The van der Waals surface area contributed by atoms with Crippen LogP contribution in [-0.4, -0.2) is 45.5 Å². The van der Waals surface area contributed by atoms with Crippen LogP contribution in [0.25, 0.3) is 0 Å². The van der Waals surface area contributed by atoms with Gasteiger partial charge < -0.3 is 20.6 Å². The Balaban J connectivity index is 1.86. The Hall–Kier alpha value is -3.84. The van der Waals surface area contributed by atoms with Gasteiger partial charge >= 0.3 is 0 Å². The number of aromatic hydroxyl groups is 3. The molecule has 1 spiro atoms. The van der Waals surface area contributed by atoms with Gasteiger partial charge in [0.2, 0.25) is 0 Å². The topological polar surface area (TPSA) is 110 Å². The maximum absolute atomic E-state index is 14.3. The Labute approximate surface area is 184 Å².